The minimum absolute atomic E-state index is 0. The van der Waals surface area contributed by atoms with Crippen LogP contribution in [0.3, 0.4) is 0 Å². The van der Waals surface area contributed by atoms with Gasteiger partial charge in [0.05, 0.1) is 0 Å². The van der Waals surface area contributed by atoms with Gasteiger partial charge in [0.15, 0.2) is 0 Å². The second-order valence-corrected chi connectivity index (χ2v) is 10.7. The quantitative estimate of drug-likeness (QED) is 0.192. The molecule has 0 radical (unpaired) electrons. The molecule has 0 unspecified atom stereocenters. The van der Waals surface area contributed by atoms with Crippen molar-refractivity contribution in [3.63, 3.8) is 0 Å². The summed E-state index contributed by atoms with van der Waals surface area (Å²) in [6.07, 6.45) is 0. The van der Waals surface area contributed by atoms with Crippen LogP contribution in [0.4, 0.5) is 0 Å². The first kappa shape index (κ1) is 31.1. The Morgan fingerprint density at radius 1 is 0.311 bits per heavy atom. The monoisotopic (exact) mass is 704 g/mol. The molecule has 8 aromatic rings. The number of hydrogen-bond acceptors (Lipinski definition) is 4. The number of phenols is 3. The van der Waals surface area contributed by atoms with E-state index >= 15 is 0 Å². The maximum Gasteiger partial charge on any atom is 1.00 e. The molecule has 0 saturated heterocycles. The smallest absolute Gasteiger partial charge is 0.872 e. The van der Waals surface area contributed by atoms with Gasteiger partial charge in [0.1, 0.15) is 17.2 Å². The Hall–Kier alpha value is -3.95. The van der Waals surface area contributed by atoms with Crippen molar-refractivity contribution in [1.29, 1.82) is 0 Å². The fraction of sp³-hybridized carbons (Fsp3) is 0. The van der Waals surface area contributed by atoms with E-state index in [0.29, 0.717) is 22.3 Å². The fourth-order valence-corrected chi connectivity index (χ4v) is 6.08. The average molecular weight is 705 g/mol. The van der Waals surface area contributed by atoms with E-state index in [1.165, 1.54) is 0 Å². The molecule has 0 amide bonds. The molecule has 0 aliphatic rings. The molecule has 0 aliphatic heterocycles. The van der Waals surface area contributed by atoms with E-state index < -0.39 is 0 Å². The fourth-order valence-electron chi connectivity index (χ4n) is 6.08. The summed E-state index contributed by atoms with van der Waals surface area (Å²) < 4.78 is 0. The Kier molecular flexibility index (Phi) is 9.10. The van der Waals surface area contributed by atoms with Crippen molar-refractivity contribution in [3.05, 3.63) is 146 Å². The first-order valence-electron chi connectivity index (χ1n) is 14.3. The Balaban J connectivity index is 0.000000155. The van der Waals surface area contributed by atoms with Crippen LogP contribution < -0.4 is 74.0 Å². The van der Waals surface area contributed by atoms with Crippen molar-refractivity contribution < 1.29 is 89.3 Å². The van der Waals surface area contributed by atoms with Crippen molar-refractivity contribution >= 4 is 43.1 Å². The van der Waals surface area contributed by atoms with E-state index in [4.69, 9.17) is 0 Å². The molecule has 0 saturated carbocycles. The van der Waals surface area contributed by atoms with Gasteiger partial charge in [-0.05, 0) is 66.9 Å². The van der Waals surface area contributed by atoms with Gasteiger partial charge in [-0.1, -0.05) is 127 Å². The number of aromatic hydroxyl groups is 3. The normalized spacial score (nSPS) is 10.8. The maximum atomic E-state index is 12.5. The van der Waals surface area contributed by atoms with Crippen LogP contribution in [0.25, 0.3) is 65.3 Å². The molecule has 0 aromatic heterocycles. The van der Waals surface area contributed by atoms with Crippen molar-refractivity contribution in [2.24, 2.45) is 0 Å². The molecule has 0 atom stereocenters. The summed E-state index contributed by atoms with van der Waals surface area (Å²) in [6, 6.07) is 45.3. The van der Waals surface area contributed by atoms with Crippen LogP contribution in [-0.2, 0) is 0 Å². The number of rotatable bonds is 2. The molecule has 45 heavy (non-hydrogen) atoms. The van der Waals surface area contributed by atoms with Crippen molar-refractivity contribution in [1.82, 2.24) is 0 Å². The zero-order chi connectivity index (χ0) is 30.2. The van der Waals surface area contributed by atoms with Gasteiger partial charge in [0.2, 0.25) is 0 Å². The summed E-state index contributed by atoms with van der Waals surface area (Å²) in [5.74, 6) is 0.396. The Bertz CT molecular complexity index is 2010. The van der Waals surface area contributed by atoms with Gasteiger partial charge in [-0.2, -0.15) is 0 Å². The van der Waals surface area contributed by atoms with Gasteiger partial charge < -0.3 is 20.4 Å². The molecule has 8 aromatic carbocycles. The van der Waals surface area contributed by atoms with E-state index in [9.17, 15) is 20.4 Å². The molecule has 8 rings (SSSR count). The van der Waals surface area contributed by atoms with Crippen LogP contribution in [0.1, 0.15) is 0 Å². The summed E-state index contributed by atoms with van der Waals surface area (Å²) in [5, 5.41) is 51.4. The molecule has 0 spiro atoms. The van der Waals surface area contributed by atoms with E-state index in [0.717, 1.165) is 43.1 Å². The first-order chi connectivity index (χ1) is 21.5. The average Bonchev–Trinajstić information content (AvgIpc) is 3.06. The van der Waals surface area contributed by atoms with Crippen LogP contribution in [0.5, 0.6) is 23.0 Å². The third-order valence-corrected chi connectivity index (χ3v) is 8.11. The number of fused-ring (bicyclic) bond motifs is 4. The molecule has 5 heteroatoms. The summed E-state index contributed by atoms with van der Waals surface area (Å²) in [4.78, 5) is 0. The van der Waals surface area contributed by atoms with Crippen LogP contribution in [-0.4, -0.2) is 15.3 Å². The van der Waals surface area contributed by atoms with Gasteiger partial charge in [-0.25, -0.2) is 0 Å². The summed E-state index contributed by atoms with van der Waals surface area (Å²) >= 11 is 0. The number of hydrogen-bond donors (Lipinski definition) is 3. The molecule has 0 heterocycles. The largest absolute Gasteiger partial charge is 1.00 e. The van der Waals surface area contributed by atoms with Crippen LogP contribution >= 0.6 is 0 Å². The third-order valence-electron chi connectivity index (χ3n) is 8.11. The van der Waals surface area contributed by atoms with E-state index in [1.807, 2.05) is 121 Å². The second-order valence-electron chi connectivity index (χ2n) is 10.7. The molecule has 212 valence electrons. The number of benzene rings is 8. The van der Waals surface area contributed by atoms with Crippen molar-refractivity contribution in [3.8, 4) is 45.3 Å². The van der Waals surface area contributed by atoms with Crippen LogP contribution in [0.2, 0.25) is 0 Å². The van der Waals surface area contributed by atoms with Crippen LogP contribution in [0.15, 0.2) is 146 Å². The third kappa shape index (κ3) is 5.79. The van der Waals surface area contributed by atoms with Crippen molar-refractivity contribution in [2.45, 2.75) is 0 Å². The topological polar surface area (TPSA) is 83.8 Å². The molecule has 0 bridgehead atoms. The Morgan fingerprint density at radius 3 is 0.933 bits per heavy atom. The molecule has 3 N–H and O–H groups in total. The van der Waals surface area contributed by atoms with Gasteiger partial charge in [-0.15, -0.1) is 5.75 Å². The van der Waals surface area contributed by atoms with E-state index in [-0.39, 0.29) is 91.9 Å². The van der Waals surface area contributed by atoms with Crippen LogP contribution in [0, 0.1) is 0 Å². The molecule has 4 nitrogen and oxygen atoms in total. The Morgan fingerprint density at radius 2 is 0.578 bits per heavy atom. The molecular weight excluding hydrogens is 677 g/mol. The van der Waals surface area contributed by atoms with E-state index in [1.54, 1.807) is 24.3 Å². The molecule has 0 fully saturated rings. The van der Waals surface area contributed by atoms with Gasteiger partial charge >= 0.3 is 68.9 Å². The standard InChI is InChI=1S/2C20H14O2.Cs/c2*21-17-11-9-13-5-1-3-7-15(13)19(17)20-16-8-4-2-6-14(16)10-12-18(20)22;/h2*1-12,21-22H;/q;;+1/p-1. The minimum atomic E-state index is -0.0784. The van der Waals surface area contributed by atoms with Gasteiger partial charge in [-0.3, -0.25) is 0 Å². The number of phenolic OH excluding ortho intramolecular Hbond substituents is 3. The summed E-state index contributed by atoms with van der Waals surface area (Å²) in [6.45, 7) is 0. The Labute approximate surface area is 319 Å². The predicted molar refractivity (Wildman–Crippen MR) is 178 cm³/mol. The predicted octanol–water partition coefficient (Wildman–Crippen LogP) is 6.51. The maximum absolute atomic E-state index is 12.5. The van der Waals surface area contributed by atoms with Gasteiger partial charge in [0, 0.05) is 16.7 Å². The second kappa shape index (κ2) is 13.2. The summed E-state index contributed by atoms with van der Waals surface area (Å²) in [5.41, 5.74) is 2.52. The SMILES string of the molecule is Oc1ccc2ccccc2c1-c1c(O)ccc2ccccc12.[Cs+].[O-]c1ccc2ccccc2c1-c1c(O)ccc2ccccc12. The zero-order valence-electron chi connectivity index (χ0n) is 24.6. The summed E-state index contributed by atoms with van der Waals surface area (Å²) in [7, 11) is 0. The van der Waals surface area contributed by atoms with Gasteiger partial charge in [0.25, 0.3) is 0 Å². The first-order valence-corrected chi connectivity index (χ1v) is 14.3. The van der Waals surface area contributed by atoms with E-state index in [2.05, 4.69) is 0 Å². The minimum Gasteiger partial charge on any atom is -0.872 e. The molecular formula is C40H27CsO4. The zero-order valence-corrected chi connectivity index (χ0v) is 30.9. The van der Waals surface area contributed by atoms with Crippen molar-refractivity contribution in [2.75, 3.05) is 0 Å². The molecule has 0 aliphatic carbocycles.